The molecule has 1 N–H and O–H groups in total. The van der Waals surface area contributed by atoms with Crippen molar-refractivity contribution in [3.63, 3.8) is 0 Å². The number of amides is 2. The van der Waals surface area contributed by atoms with Crippen LogP contribution in [0.3, 0.4) is 0 Å². The third kappa shape index (κ3) is 3.96. The lowest BCUT2D eigenvalue weighted by Crippen LogP contribution is -2.40. The van der Waals surface area contributed by atoms with E-state index in [1.165, 1.54) is 6.07 Å². The standard InChI is InChI=1S/C12H13F3N2O2S/c13-9-7-8(1-2-10(9)19-11(14)15)16-12(18)17-3-5-20-6-4-17/h1-2,7,11H,3-6H2,(H,16,18). The number of hydrogen-bond donors (Lipinski definition) is 1. The molecule has 0 atom stereocenters. The van der Waals surface area contributed by atoms with E-state index >= 15 is 0 Å². The number of carbonyl (C=O) groups is 1. The molecule has 0 radical (unpaired) electrons. The Kier molecular flexibility index (Phi) is 4.99. The maximum Gasteiger partial charge on any atom is 0.387 e. The van der Waals surface area contributed by atoms with Crippen LogP contribution in [0.15, 0.2) is 18.2 Å². The molecule has 20 heavy (non-hydrogen) atoms. The molecule has 1 aliphatic heterocycles. The molecule has 0 saturated carbocycles. The van der Waals surface area contributed by atoms with E-state index in [2.05, 4.69) is 10.1 Å². The third-order valence-electron chi connectivity index (χ3n) is 2.70. The number of hydrogen-bond acceptors (Lipinski definition) is 3. The molecule has 0 unspecified atom stereocenters. The topological polar surface area (TPSA) is 41.6 Å². The van der Waals surface area contributed by atoms with Crippen LogP contribution in [0.25, 0.3) is 0 Å². The predicted octanol–water partition coefficient (Wildman–Crippen LogP) is 3.01. The number of thioether (sulfide) groups is 1. The van der Waals surface area contributed by atoms with Gasteiger partial charge in [0.15, 0.2) is 11.6 Å². The highest BCUT2D eigenvalue weighted by Gasteiger charge is 2.17. The zero-order valence-corrected chi connectivity index (χ0v) is 11.3. The summed E-state index contributed by atoms with van der Waals surface area (Å²) in [6, 6.07) is 3.00. The van der Waals surface area contributed by atoms with Crippen molar-refractivity contribution in [3.8, 4) is 5.75 Å². The van der Waals surface area contributed by atoms with Gasteiger partial charge in [-0.1, -0.05) is 0 Å². The number of carbonyl (C=O) groups excluding carboxylic acids is 1. The van der Waals surface area contributed by atoms with Crippen LogP contribution >= 0.6 is 11.8 Å². The molecule has 2 amide bonds. The molecule has 8 heteroatoms. The van der Waals surface area contributed by atoms with E-state index < -0.39 is 18.2 Å². The Morgan fingerprint density at radius 2 is 2.05 bits per heavy atom. The molecule has 0 bridgehead atoms. The summed E-state index contributed by atoms with van der Waals surface area (Å²) in [7, 11) is 0. The zero-order chi connectivity index (χ0) is 14.5. The Labute approximate surface area is 118 Å². The summed E-state index contributed by atoms with van der Waals surface area (Å²) in [6.45, 7) is -1.83. The molecular weight excluding hydrogens is 293 g/mol. The van der Waals surface area contributed by atoms with Crippen LogP contribution in [-0.2, 0) is 0 Å². The molecule has 1 heterocycles. The highest BCUT2D eigenvalue weighted by molar-refractivity contribution is 7.99. The summed E-state index contributed by atoms with van der Waals surface area (Å²) in [6.07, 6.45) is 0. The van der Waals surface area contributed by atoms with Crippen molar-refractivity contribution >= 4 is 23.5 Å². The van der Waals surface area contributed by atoms with Gasteiger partial charge in [0.25, 0.3) is 0 Å². The number of benzene rings is 1. The first-order valence-electron chi connectivity index (χ1n) is 5.94. The van der Waals surface area contributed by atoms with Gasteiger partial charge in [-0.15, -0.1) is 0 Å². The van der Waals surface area contributed by atoms with Crippen molar-refractivity contribution in [2.75, 3.05) is 29.9 Å². The summed E-state index contributed by atoms with van der Waals surface area (Å²) in [5.74, 6) is 0.232. The van der Waals surface area contributed by atoms with Crippen molar-refractivity contribution in [1.29, 1.82) is 0 Å². The predicted molar refractivity (Wildman–Crippen MR) is 70.9 cm³/mol. The van der Waals surface area contributed by atoms with E-state index in [1.807, 2.05) is 0 Å². The molecule has 4 nitrogen and oxygen atoms in total. The van der Waals surface area contributed by atoms with E-state index in [-0.39, 0.29) is 11.7 Å². The largest absolute Gasteiger partial charge is 0.432 e. The van der Waals surface area contributed by atoms with Gasteiger partial charge in [-0.25, -0.2) is 9.18 Å². The molecule has 0 aromatic heterocycles. The minimum atomic E-state index is -3.09. The van der Waals surface area contributed by atoms with Crippen molar-refractivity contribution in [2.45, 2.75) is 6.61 Å². The van der Waals surface area contributed by atoms with E-state index in [0.717, 1.165) is 23.6 Å². The highest BCUT2D eigenvalue weighted by Crippen LogP contribution is 2.23. The van der Waals surface area contributed by atoms with Gasteiger partial charge in [0, 0.05) is 36.3 Å². The van der Waals surface area contributed by atoms with Gasteiger partial charge >= 0.3 is 12.6 Å². The lowest BCUT2D eigenvalue weighted by Gasteiger charge is -2.26. The summed E-state index contributed by atoms with van der Waals surface area (Å²) in [5.41, 5.74) is 0.201. The normalized spacial score (nSPS) is 15.3. The molecular formula is C12H13F3N2O2S. The van der Waals surface area contributed by atoms with Gasteiger partial charge in [-0.3, -0.25) is 0 Å². The number of halogens is 3. The first kappa shape index (κ1) is 14.8. The molecule has 1 fully saturated rings. The van der Waals surface area contributed by atoms with Gasteiger partial charge < -0.3 is 15.0 Å². The van der Waals surface area contributed by atoms with Gasteiger partial charge in [-0.05, 0) is 12.1 Å². The number of urea groups is 1. The molecule has 1 aromatic carbocycles. The van der Waals surface area contributed by atoms with Crippen LogP contribution in [-0.4, -0.2) is 42.1 Å². The van der Waals surface area contributed by atoms with Crippen LogP contribution in [0.5, 0.6) is 5.75 Å². The second-order valence-corrected chi connectivity index (χ2v) is 5.28. The fraction of sp³-hybridized carbons (Fsp3) is 0.417. The van der Waals surface area contributed by atoms with Crippen LogP contribution in [0.2, 0.25) is 0 Å². The van der Waals surface area contributed by atoms with Gasteiger partial charge in [0.05, 0.1) is 0 Å². The second kappa shape index (κ2) is 6.74. The summed E-state index contributed by atoms with van der Waals surface area (Å²) >= 11 is 1.76. The SMILES string of the molecule is O=C(Nc1ccc(OC(F)F)c(F)c1)N1CCSCC1. The van der Waals surface area contributed by atoms with Gasteiger partial charge in [0.1, 0.15) is 0 Å². The van der Waals surface area contributed by atoms with E-state index in [1.54, 1.807) is 16.7 Å². The molecule has 2 rings (SSSR count). The lowest BCUT2D eigenvalue weighted by atomic mass is 10.3. The Balaban J connectivity index is 1.99. The molecule has 1 aliphatic rings. The van der Waals surface area contributed by atoms with Crippen molar-refractivity contribution < 1.29 is 22.7 Å². The monoisotopic (exact) mass is 306 g/mol. The van der Waals surface area contributed by atoms with Crippen LogP contribution in [0, 0.1) is 5.82 Å². The van der Waals surface area contributed by atoms with Crippen LogP contribution < -0.4 is 10.1 Å². The average molecular weight is 306 g/mol. The summed E-state index contributed by atoms with van der Waals surface area (Å²) in [5, 5.41) is 2.53. The maximum atomic E-state index is 13.5. The number of ether oxygens (including phenoxy) is 1. The Bertz CT molecular complexity index is 482. The maximum absolute atomic E-state index is 13.5. The average Bonchev–Trinajstić information content (AvgIpc) is 2.42. The molecule has 1 aromatic rings. The van der Waals surface area contributed by atoms with Crippen molar-refractivity contribution in [1.82, 2.24) is 4.90 Å². The van der Waals surface area contributed by atoms with Crippen molar-refractivity contribution in [2.24, 2.45) is 0 Å². The minimum absolute atomic E-state index is 0.201. The van der Waals surface area contributed by atoms with E-state index in [0.29, 0.717) is 13.1 Å². The Hall–Kier alpha value is -1.57. The number of nitrogens with one attached hydrogen (secondary N) is 1. The Morgan fingerprint density at radius 1 is 1.35 bits per heavy atom. The zero-order valence-electron chi connectivity index (χ0n) is 10.4. The fourth-order valence-electron chi connectivity index (χ4n) is 1.74. The van der Waals surface area contributed by atoms with Crippen molar-refractivity contribution in [3.05, 3.63) is 24.0 Å². The number of rotatable bonds is 3. The lowest BCUT2D eigenvalue weighted by molar-refractivity contribution is -0.0521. The smallest absolute Gasteiger partial charge is 0.387 e. The Morgan fingerprint density at radius 3 is 2.65 bits per heavy atom. The fourth-order valence-corrected chi connectivity index (χ4v) is 2.64. The third-order valence-corrected chi connectivity index (χ3v) is 3.64. The summed E-state index contributed by atoms with van der Waals surface area (Å²) < 4.78 is 41.4. The van der Waals surface area contributed by atoms with E-state index in [4.69, 9.17) is 0 Å². The molecule has 110 valence electrons. The highest BCUT2D eigenvalue weighted by atomic mass is 32.2. The number of anilines is 1. The second-order valence-electron chi connectivity index (χ2n) is 4.05. The van der Waals surface area contributed by atoms with Crippen LogP contribution in [0.1, 0.15) is 0 Å². The number of alkyl halides is 2. The minimum Gasteiger partial charge on any atom is -0.432 e. The van der Waals surface area contributed by atoms with E-state index in [9.17, 15) is 18.0 Å². The van der Waals surface area contributed by atoms with Crippen LogP contribution in [0.4, 0.5) is 23.7 Å². The first-order chi connectivity index (χ1) is 9.56. The quantitative estimate of drug-likeness (QED) is 0.933. The molecule has 0 spiro atoms. The first-order valence-corrected chi connectivity index (χ1v) is 7.10. The summed E-state index contributed by atoms with van der Waals surface area (Å²) in [4.78, 5) is 13.5. The van der Waals surface area contributed by atoms with Gasteiger partial charge in [0.2, 0.25) is 0 Å². The molecule has 0 aliphatic carbocycles. The van der Waals surface area contributed by atoms with Gasteiger partial charge in [-0.2, -0.15) is 20.5 Å². The number of nitrogens with zero attached hydrogens (tertiary/aromatic N) is 1. The molecule has 1 saturated heterocycles.